The zero-order chi connectivity index (χ0) is 25.5. The van der Waals surface area contributed by atoms with Crippen LogP contribution in [0.1, 0.15) is 48.4 Å². The van der Waals surface area contributed by atoms with E-state index in [2.05, 4.69) is 5.32 Å². The fraction of sp³-hybridized carbons (Fsp3) is 0.462. The zero-order valence-corrected chi connectivity index (χ0v) is 21.9. The van der Waals surface area contributed by atoms with Crippen molar-refractivity contribution < 1.29 is 18.0 Å². The summed E-state index contributed by atoms with van der Waals surface area (Å²) in [6.07, 6.45) is 2.13. The van der Waals surface area contributed by atoms with E-state index in [1.54, 1.807) is 18.0 Å². The average Bonchev–Trinajstić information content (AvgIpc) is 2.77. The number of nitrogens with one attached hydrogen (secondary N) is 1. The monoisotopic (exact) mass is 487 g/mol. The van der Waals surface area contributed by atoms with Gasteiger partial charge in [-0.2, -0.15) is 0 Å². The number of hydrogen-bond donors (Lipinski definition) is 1. The second-order valence-corrected chi connectivity index (χ2v) is 10.7. The number of amides is 2. The Morgan fingerprint density at radius 3 is 2.29 bits per heavy atom. The maximum atomic E-state index is 13.3. The highest BCUT2D eigenvalue weighted by atomic mass is 32.2. The van der Waals surface area contributed by atoms with E-state index in [0.717, 1.165) is 22.3 Å². The van der Waals surface area contributed by atoms with Gasteiger partial charge in [-0.3, -0.25) is 13.9 Å². The molecule has 7 nitrogen and oxygen atoms in total. The summed E-state index contributed by atoms with van der Waals surface area (Å²) in [4.78, 5) is 27.4. The molecule has 0 bridgehead atoms. The number of benzene rings is 2. The first kappa shape index (κ1) is 27.4. The van der Waals surface area contributed by atoms with Crippen molar-refractivity contribution in [3.05, 3.63) is 64.7 Å². The predicted octanol–water partition coefficient (Wildman–Crippen LogP) is 3.71. The molecule has 0 saturated carbocycles. The van der Waals surface area contributed by atoms with E-state index < -0.39 is 16.1 Å². The number of carbonyl (C=O) groups is 2. The smallest absolute Gasteiger partial charge is 0.242 e. The molecule has 0 aliphatic heterocycles. The Bertz CT molecular complexity index is 1110. The Morgan fingerprint density at radius 1 is 1.03 bits per heavy atom. The molecule has 2 rings (SSSR count). The molecule has 0 fully saturated rings. The zero-order valence-electron chi connectivity index (χ0n) is 21.1. The van der Waals surface area contributed by atoms with Crippen molar-refractivity contribution in [2.75, 3.05) is 24.2 Å². The molecular weight excluding hydrogens is 450 g/mol. The van der Waals surface area contributed by atoms with E-state index in [1.807, 2.05) is 64.1 Å². The highest BCUT2D eigenvalue weighted by Gasteiger charge is 2.28. The van der Waals surface area contributed by atoms with Crippen LogP contribution in [0.5, 0.6) is 0 Å². The number of carbonyl (C=O) groups excluding carboxylic acids is 2. The first-order valence-corrected chi connectivity index (χ1v) is 13.4. The van der Waals surface area contributed by atoms with Gasteiger partial charge in [-0.1, -0.05) is 42.8 Å². The summed E-state index contributed by atoms with van der Waals surface area (Å²) in [6, 6.07) is 12.8. The maximum Gasteiger partial charge on any atom is 0.242 e. The molecule has 0 aliphatic rings. The Hall–Kier alpha value is -2.87. The maximum absolute atomic E-state index is 13.3. The summed E-state index contributed by atoms with van der Waals surface area (Å²) in [5, 5.41) is 2.65. The van der Waals surface area contributed by atoms with Gasteiger partial charge >= 0.3 is 0 Å². The number of nitrogens with zero attached hydrogens (tertiary/aromatic N) is 2. The van der Waals surface area contributed by atoms with Gasteiger partial charge in [0.2, 0.25) is 21.8 Å². The highest BCUT2D eigenvalue weighted by Crippen LogP contribution is 2.22. The van der Waals surface area contributed by atoms with Crippen molar-refractivity contribution in [1.82, 2.24) is 10.2 Å². The molecule has 0 aliphatic carbocycles. The molecule has 0 unspecified atom stereocenters. The van der Waals surface area contributed by atoms with Crippen LogP contribution >= 0.6 is 0 Å². The SMILES string of the molecule is CC[C@@H](C(=O)NC)N(Cc1cccc(C)c1)C(=O)CCCN(c1ccc(C)c(C)c1)S(C)(=O)=O. The van der Waals surface area contributed by atoms with E-state index in [1.165, 1.54) is 10.6 Å². The van der Waals surface area contributed by atoms with E-state index in [4.69, 9.17) is 0 Å². The molecule has 8 heteroatoms. The number of rotatable bonds is 11. The molecule has 2 aromatic carbocycles. The minimum atomic E-state index is -3.51. The normalized spacial score (nSPS) is 12.2. The molecule has 2 aromatic rings. The molecule has 2 amide bonds. The number of sulfonamides is 1. The predicted molar refractivity (Wildman–Crippen MR) is 137 cm³/mol. The molecular formula is C26H37N3O4S. The number of likely N-dealkylation sites (N-methyl/N-ethyl adjacent to an activating group) is 1. The summed E-state index contributed by atoms with van der Waals surface area (Å²) < 4.78 is 26.3. The third kappa shape index (κ3) is 7.32. The largest absolute Gasteiger partial charge is 0.357 e. The quantitative estimate of drug-likeness (QED) is 0.523. The lowest BCUT2D eigenvalue weighted by Crippen LogP contribution is -2.48. The lowest BCUT2D eigenvalue weighted by molar-refractivity contribution is -0.141. The molecule has 0 saturated heterocycles. The van der Waals surface area contributed by atoms with Gasteiger partial charge in [0.05, 0.1) is 11.9 Å². The van der Waals surface area contributed by atoms with E-state index >= 15 is 0 Å². The molecule has 0 radical (unpaired) electrons. The molecule has 1 N–H and O–H groups in total. The third-order valence-corrected chi connectivity index (χ3v) is 7.19. The fourth-order valence-corrected chi connectivity index (χ4v) is 4.94. The van der Waals surface area contributed by atoms with E-state index in [9.17, 15) is 18.0 Å². The second kappa shape index (κ2) is 12.0. The Morgan fingerprint density at radius 2 is 1.74 bits per heavy atom. The van der Waals surface area contributed by atoms with Crippen molar-refractivity contribution in [3.8, 4) is 0 Å². The van der Waals surface area contributed by atoms with Crippen LogP contribution in [0.3, 0.4) is 0 Å². The van der Waals surface area contributed by atoms with Crippen LogP contribution in [0.15, 0.2) is 42.5 Å². The molecule has 0 heterocycles. The van der Waals surface area contributed by atoms with Gasteiger partial charge < -0.3 is 10.2 Å². The minimum absolute atomic E-state index is 0.135. The van der Waals surface area contributed by atoms with Gasteiger partial charge in [-0.15, -0.1) is 0 Å². The molecule has 34 heavy (non-hydrogen) atoms. The van der Waals surface area contributed by atoms with Crippen molar-refractivity contribution in [3.63, 3.8) is 0 Å². The minimum Gasteiger partial charge on any atom is -0.357 e. The van der Waals surface area contributed by atoms with Crippen LogP contribution in [0.25, 0.3) is 0 Å². The van der Waals surface area contributed by atoms with Crippen molar-refractivity contribution in [1.29, 1.82) is 0 Å². The van der Waals surface area contributed by atoms with Crippen molar-refractivity contribution in [2.24, 2.45) is 0 Å². The van der Waals surface area contributed by atoms with Gasteiger partial charge in [0.1, 0.15) is 6.04 Å². The van der Waals surface area contributed by atoms with Crippen LogP contribution in [0.2, 0.25) is 0 Å². The van der Waals surface area contributed by atoms with Crippen molar-refractivity contribution in [2.45, 2.75) is 59.5 Å². The molecule has 0 spiro atoms. The topological polar surface area (TPSA) is 86.8 Å². The molecule has 0 aromatic heterocycles. The average molecular weight is 488 g/mol. The van der Waals surface area contributed by atoms with Crippen molar-refractivity contribution >= 4 is 27.5 Å². The third-order valence-electron chi connectivity index (χ3n) is 6.00. The first-order chi connectivity index (χ1) is 16.0. The number of aryl methyl sites for hydroxylation is 3. The number of anilines is 1. The van der Waals surface area contributed by atoms with Gasteiger partial charge in [0.25, 0.3) is 0 Å². The summed E-state index contributed by atoms with van der Waals surface area (Å²) in [7, 11) is -1.95. The van der Waals surface area contributed by atoms with E-state index in [0.29, 0.717) is 25.1 Å². The summed E-state index contributed by atoms with van der Waals surface area (Å²) in [5.41, 5.74) is 4.70. The lowest BCUT2D eigenvalue weighted by atomic mass is 10.1. The Labute approximate surface area is 204 Å². The van der Waals surface area contributed by atoms with Gasteiger partial charge in [0.15, 0.2) is 0 Å². The van der Waals surface area contributed by atoms with Crippen LogP contribution < -0.4 is 9.62 Å². The Kier molecular flexibility index (Phi) is 9.67. The lowest BCUT2D eigenvalue weighted by Gasteiger charge is -2.31. The summed E-state index contributed by atoms with van der Waals surface area (Å²) >= 11 is 0. The van der Waals surface area contributed by atoms with Crippen LogP contribution in [-0.2, 0) is 26.2 Å². The van der Waals surface area contributed by atoms with Crippen LogP contribution in [0.4, 0.5) is 5.69 Å². The number of hydrogen-bond acceptors (Lipinski definition) is 4. The van der Waals surface area contributed by atoms with Crippen LogP contribution in [0, 0.1) is 20.8 Å². The van der Waals surface area contributed by atoms with E-state index in [-0.39, 0.29) is 24.8 Å². The second-order valence-electron chi connectivity index (χ2n) is 8.76. The molecule has 186 valence electrons. The summed E-state index contributed by atoms with van der Waals surface area (Å²) in [6.45, 7) is 8.28. The fourth-order valence-electron chi connectivity index (χ4n) is 3.98. The van der Waals surface area contributed by atoms with Gasteiger partial charge in [-0.25, -0.2) is 8.42 Å². The van der Waals surface area contributed by atoms with Crippen LogP contribution in [-0.4, -0.2) is 51.0 Å². The van der Waals surface area contributed by atoms with Gasteiger partial charge in [0, 0.05) is 26.6 Å². The molecule has 1 atom stereocenters. The van der Waals surface area contributed by atoms with Gasteiger partial charge in [-0.05, 0) is 62.4 Å². The Balaban J connectivity index is 2.20. The standard InChI is InChI=1S/C26H37N3O4S/c1-7-24(26(31)27-5)28(18-22-11-8-10-19(2)16-22)25(30)12-9-15-29(34(6,32)33)23-14-13-20(3)21(4)17-23/h8,10-11,13-14,16-17,24H,7,9,12,15,18H2,1-6H3,(H,27,31)/t24-/m0/s1. The first-order valence-electron chi connectivity index (χ1n) is 11.6. The highest BCUT2D eigenvalue weighted by molar-refractivity contribution is 7.92. The summed E-state index contributed by atoms with van der Waals surface area (Å²) in [5.74, 6) is -0.387.